The van der Waals surface area contributed by atoms with E-state index < -0.39 is 0 Å². The van der Waals surface area contributed by atoms with Crippen molar-refractivity contribution in [3.63, 3.8) is 0 Å². The standard InChI is InChI=1S/C17H11BrN2O2S/c1-9-19-13-7-10(5-6-16(13)23-9)20-17(21)15-8-11-12(18)3-2-4-14(11)22-15/h2-8H,1H3,(H,20,21). The maximum Gasteiger partial charge on any atom is 0.291 e. The molecular formula is C17H11BrN2O2S. The van der Waals surface area contributed by atoms with Gasteiger partial charge in [-0.15, -0.1) is 11.3 Å². The summed E-state index contributed by atoms with van der Waals surface area (Å²) in [5, 5.41) is 4.74. The molecule has 2 aromatic carbocycles. The van der Waals surface area contributed by atoms with Crippen molar-refractivity contribution in [3.8, 4) is 0 Å². The van der Waals surface area contributed by atoms with Gasteiger partial charge in [-0.05, 0) is 43.3 Å². The molecular weight excluding hydrogens is 376 g/mol. The van der Waals surface area contributed by atoms with Crippen LogP contribution in [0.5, 0.6) is 0 Å². The Balaban J connectivity index is 1.65. The molecule has 0 bridgehead atoms. The number of hydrogen-bond acceptors (Lipinski definition) is 4. The Kier molecular flexibility index (Phi) is 3.43. The summed E-state index contributed by atoms with van der Waals surface area (Å²) in [5.74, 6) is 0.000793. The van der Waals surface area contributed by atoms with Crippen LogP contribution < -0.4 is 5.32 Å². The minimum absolute atomic E-state index is 0.278. The molecule has 2 heterocycles. The number of nitrogens with one attached hydrogen (secondary N) is 1. The van der Waals surface area contributed by atoms with Gasteiger partial charge in [-0.1, -0.05) is 22.0 Å². The predicted molar refractivity (Wildman–Crippen MR) is 96.2 cm³/mol. The van der Waals surface area contributed by atoms with E-state index in [1.807, 2.05) is 43.3 Å². The van der Waals surface area contributed by atoms with Crippen molar-refractivity contribution < 1.29 is 9.21 Å². The first-order valence-electron chi connectivity index (χ1n) is 6.97. The fourth-order valence-electron chi connectivity index (χ4n) is 2.45. The van der Waals surface area contributed by atoms with E-state index in [0.29, 0.717) is 11.3 Å². The van der Waals surface area contributed by atoms with Crippen molar-refractivity contribution in [2.45, 2.75) is 6.92 Å². The number of halogens is 1. The Bertz CT molecular complexity index is 1050. The van der Waals surface area contributed by atoms with Crippen LogP contribution in [0, 0.1) is 6.92 Å². The van der Waals surface area contributed by atoms with Crippen molar-refractivity contribution >= 4 is 60.0 Å². The van der Waals surface area contributed by atoms with Gasteiger partial charge in [0.05, 0.1) is 15.2 Å². The molecule has 1 amide bonds. The topological polar surface area (TPSA) is 55.1 Å². The van der Waals surface area contributed by atoms with E-state index in [4.69, 9.17) is 4.42 Å². The second kappa shape index (κ2) is 5.47. The van der Waals surface area contributed by atoms with Gasteiger partial charge < -0.3 is 9.73 Å². The molecule has 0 unspecified atom stereocenters. The number of aromatic nitrogens is 1. The smallest absolute Gasteiger partial charge is 0.291 e. The number of carbonyl (C=O) groups excluding carboxylic acids is 1. The average Bonchev–Trinajstić information content (AvgIpc) is 3.10. The maximum atomic E-state index is 12.4. The second-order valence-electron chi connectivity index (χ2n) is 5.13. The first kappa shape index (κ1) is 14.4. The van der Waals surface area contributed by atoms with Crippen LogP contribution in [0.4, 0.5) is 5.69 Å². The zero-order chi connectivity index (χ0) is 16.0. The number of anilines is 1. The van der Waals surface area contributed by atoms with Gasteiger partial charge in [0.2, 0.25) is 0 Å². The maximum absolute atomic E-state index is 12.4. The Morgan fingerprint density at radius 3 is 2.96 bits per heavy atom. The number of benzene rings is 2. The number of fused-ring (bicyclic) bond motifs is 2. The van der Waals surface area contributed by atoms with Gasteiger partial charge in [0.15, 0.2) is 5.76 Å². The van der Waals surface area contributed by atoms with Crippen LogP contribution in [-0.2, 0) is 0 Å². The summed E-state index contributed by atoms with van der Waals surface area (Å²) in [6.07, 6.45) is 0. The summed E-state index contributed by atoms with van der Waals surface area (Å²) in [5.41, 5.74) is 2.26. The van der Waals surface area contributed by atoms with Crippen molar-refractivity contribution in [1.82, 2.24) is 4.98 Å². The molecule has 1 N–H and O–H groups in total. The third kappa shape index (κ3) is 2.64. The van der Waals surface area contributed by atoms with Gasteiger partial charge in [0.25, 0.3) is 5.91 Å². The molecule has 6 heteroatoms. The minimum atomic E-state index is -0.278. The first-order chi connectivity index (χ1) is 11.1. The highest BCUT2D eigenvalue weighted by atomic mass is 79.9. The lowest BCUT2D eigenvalue weighted by atomic mass is 10.2. The van der Waals surface area contributed by atoms with E-state index in [1.54, 1.807) is 17.4 Å². The molecule has 4 rings (SSSR count). The lowest BCUT2D eigenvalue weighted by molar-refractivity contribution is 0.0998. The Morgan fingerprint density at radius 1 is 1.26 bits per heavy atom. The number of rotatable bonds is 2. The predicted octanol–water partition coefficient (Wildman–Crippen LogP) is 5.37. The molecule has 2 aromatic heterocycles. The van der Waals surface area contributed by atoms with Crippen LogP contribution in [-0.4, -0.2) is 10.9 Å². The second-order valence-corrected chi connectivity index (χ2v) is 7.22. The number of furan rings is 1. The van der Waals surface area contributed by atoms with Crippen molar-refractivity contribution in [3.05, 3.63) is 57.7 Å². The van der Waals surface area contributed by atoms with E-state index in [2.05, 4.69) is 26.2 Å². The Morgan fingerprint density at radius 2 is 2.13 bits per heavy atom. The molecule has 0 saturated heterocycles. The monoisotopic (exact) mass is 386 g/mol. The molecule has 23 heavy (non-hydrogen) atoms. The van der Waals surface area contributed by atoms with Crippen LogP contribution in [0.25, 0.3) is 21.2 Å². The van der Waals surface area contributed by atoms with Crippen molar-refractivity contribution in [1.29, 1.82) is 0 Å². The van der Waals surface area contributed by atoms with Crippen molar-refractivity contribution in [2.75, 3.05) is 5.32 Å². The molecule has 0 saturated carbocycles. The summed E-state index contributed by atoms with van der Waals surface area (Å²) in [6.45, 7) is 1.97. The zero-order valence-electron chi connectivity index (χ0n) is 12.1. The largest absolute Gasteiger partial charge is 0.451 e. The third-order valence-electron chi connectivity index (χ3n) is 3.48. The summed E-state index contributed by atoms with van der Waals surface area (Å²) in [6, 6.07) is 13.1. The van der Waals surface area contributed by atoms with Gasteiger partial charge in [0, 0.05) is 15.5 Å². The fraction of sp³-hybridized carbons (Fsp3) is 0.0588. The summed E-state index contributed by atoms with van der Waals surface area (Å²) in [4.78, 5) is 16.8. The lowest BCUT2D eigenvalue weighted by Gasteiger charge is -2.02. The van der Waals surface area contributed by atoms with Crippen LogP contribution in [0.3, 0.4) is 0 Å². The third-order valence-corrected chi connectivity index (χ3v) is 5.13. The van der Waals surface area contributed by atoms with Gasteiger partial charge in [-0.25, -0.2) is 4.98 Å². The molecule has 0 atom stereocenters. The highest BCUT2D eigenvalue weighted by Gasteiger charge is 2.14. The molecule has 0 fully saturated rings. The summed E-state index contributed by atoms with van der Waals surface area (Å²) < 4.78 is 7.62. The van der Waals surface area contributed by atoms with Crippen LogP contribution in [0.1, 0.15) is 15.6 Å². The molecule has 0 aliphatic carbocycles. The molecule has 0 spiro atoms. The number of aryl methyl sites for hydroxylation is 1. The van der Waals surface area contributed by atoms with Crippen molar-refractivity contribution in [2.24, 2.45) is 0 Å². The molecule has 4 aromatic rings. The van der Waals surface area contributed by atoms with Gasteiger partial charge in [-0.3, -0.25) is 4.79 Å². The van der Waals surface area contributed by atoms with E-state index in [0.717, 1.165) is 25.1 Å². The fourth-order valence-corrected chi connectivity index (χ4v) is 3.72. The summed E-state index contributed by atoms with van der Waals surface area (Å²) >= 11 is 5.09. The van der Waals surface area contributed by atoms with Crippen LogP contribution in [0.2, 0.25) is 0 Å². The lowest BCUT2D eigenvalue weighted by Crippen LogP contribution is -2.10. The number of thiazole rings is 1. The Labute approximate surface area is 144 Å². The molecule has 0 aliphatic rings. The SMILES string of the molecule is Cc1nc2cc(NC(=O)c3cc4c(Br)cccc4o3)ccc2s1. The van der Waals surface area contributed by atoms with Gasteiger partial charge in [0.1, 0.15) is 5.58 Å². The number of carbonyl (C=O) groups is 1. The van der Waals surface area contributed by atoms with E-state index in [1.165, 1.54) is 0 Å². The van der Waals surface area contributed by atoms with E-state index in [9.17, 15) is 4.79 Å². The normalized spacial score (nSPS) is 11.2. The average molecular weight is 387 g/mol. The number of hydrogen-bond donors (Lipinski definition) is 1. The molecule has 0 aliphatic heterocycles. The number of nitrogens with zero attached hydrogens (tertiary/aromatic N) is 1. The van der Waals surface area contributed by atoms with Gasteiger partial charge in [-0.2, -0.15) is 0 Å². The van der Waals surface area contributed by atoms with E-state index >= 15 is 0 Å². The highest BCUT2D eigenvalue weighted by molar-refractivity contribution is 9.10. The van der Waals surface area contributed by atoms with E-state index in [-0.39, 0.29) is 11.7 Å². The molecule has 114 valence electrons. The van der Waals surface area contributed by atoms with Crippen LogP contribution >= 0.6 is 27.3 Å². The molecule has 4 nitrogen and oxygen atoms in total. The quantitative estimate of drug-likeness (QED) is 0.503. The van der Waals surface area contributed by atoms with Gasteiger partial charge >= 0.3 is 0 Å². The minimum Gasteiger partial charge on any atom is -0.451 e. The summed E-state index contributed by atoms with van der Waals surface area (Å²) in [7, 11) is 0. The zero-order valence-corrected chi connectivity index (χ0v) is 14.5. The Hall–Kier alpha value is -2.18. The van der Waals surface area contributed by atoms with Crippen LogP contribution in [0.15, 0.2) is 51.4 Å². The highest BCUT2D eigenvalue weighted by Crippen LogP contribution is 2.28. The number of amides is 1. The molecule has 0 radical (unpaired) electrons. The first-order valence-corrected chi connectivity index (χ1v) is 8.58.